The van der Waals surface area contributed by atoms with Crippen LogP contribution < -0.4 is 10.6 Å². The van der Waals surface area contributed by atoms with Gasteiger partial charge in [-0.2, -0.15) is 0 Å². The zero-order chi connectivity index (χ0) is 19.8. The Labute approximate surface area is 167 Å². The molecule has 0 spiro atoms. The molecule has 0 fully saturated rings. The summed E-state index contributed by atoms with van der Waals surface area (Å²) in [5, 5.41) is 5.96. The fourth-order valence-corrected chi connectivity index (χ4v) is 2.78. The Morgan fingerprint density at radius 2 is 1.44 bits per heavy atom. The Balaban J connectivity index is 2.05. The molecule has 2 aromatic carbocycles. The number of carbonyl (C=O) groups excluding carboxylic acids is 2. The van der Waals surface area contributed by atoms with Gasteiger partial charge >= 0.3 is 12.2 Å². The number of hydrogen-bond donors (Lipinski definition) is 2. The molecule has 0 bridgehead atoms. The van der Waals surface area contributed by atoms with E-state index in [1.807, 2.05) is 19.1 Å². The molecular formula is C19H20Cl2N2O4. The molecular weight excluding hydrogens is 391 g/mol. The van der Waals surface area contributed by atoms with Crippen molar-refractivity contribution in [3.63, 3.8) is 0 Å². The molecule has 0 aliphatic carbocycles. The lowest BCUT2D eigenvalue weighted by Crippen LogP contribution is -2.14. The molecule has 2 aromatic rings. The Morgan fingerprint density at radius 1 is 0.926 bits per heavy atom. The molecule has 0 radical (unpaired) electrons. The quantitative estimate of drug-likeness (QED) is 0.637. The van der Waals surface area contributed by atoms with Gasteiger partial charge in [0.2, 0.25) is 0 Å². The lowest BCUT2D eigenvalue weighted by Gasteiger charge is -2.11. The van der Waals surface area contributed by atoms with Gasteiger partial charge in [-0.15, -0.1) is 0 Å². The van der Waals surface area contributed by atoms with Gasteiger partial charge < -0.3 is 9.47 Å². The molecule has 0 atom stereocenters. The largest absolute Gasteiger partial charge is 0.453 e. The average molecular weight is 411 g/mol. The van der Waals surface area contributed by atoms with Gasteiger partial charge in [0.1, 0.15) is 0 Å². The molecule has 0 aromatic heterocycles. The standard InChI is InChI=1S/C19H20Cl2N2O4/c1-3-8-27-19(25)23-17-7-5-13(11-15(17)21)9-12-4-6-16(14(20)10-12)22-18(24)26-2/h4-7,10-11H,3,8-9H2,1-2H3,(H,22,24)(H,23,25). The number of ether oxygens (including phenoxy) is 2. The number of amides is 2. The van der Waals surface area contributed by atoms with Crippen LogP contribution in [0.5, 0.6) is 0 Å². The maximum Gasteiger partial charge on any atom is 0.411 e. The van der Waals surface area contributed by atoms with Crippen LogP contribution in [0.2, 0.25) is 10.0 Å². The van der Waals surface area contributed by atoms with E-state index in [2.05, 4.69) is 15.4 Å². The molecule has 144 valence electrons. The smallest absolute Gasteiger partial charge is 0.411 e. The first-order valence-electron chi connectivity index (χ1n) is 8.28. The summed E-state index contributed by atoms with van der Waals surface area (Å²) in [5.74, 6) is 0. The van der Waals surface area contributed by atoms with Crippen molar-refractivity contribution in [3.8, 4) is 0 Å². The van der Waals surface area contributed by atoms with E-state index in [1.54, 1.807) is 24.3 Å². The Kier molecular flexibility index (Phi) is 7.76. The van der Waals surface area contributed by atoms with Crippen molar-refractivity contribution in [3.05, 3.63) is 57.6 Å². The normalized spacial score (nSPS) is 10.2. The summed E-state index contributed by atoms with van der Waals surface area (Å²) in [4.78, 5) is 22.9. The Morgan fingerprint density at radius 3 is 1.89 bits per heavy atom. The summed E-state index contributed by atoms with van der Waals surface area (Å²) >= 11 is 12.4. The maximum atomic E-state index is 11.6. The van der Waals surface area contributed by atoms with Gasteiger partial charge in [-0.25, -0.2) is 9.59 Å². The topological polar surface area (TPSA) is 76.7 Å². The predicted molar refractivity (Wildman–Crippen MR) is 107 cm³/mol. The van der Waals surface area contributed by atoms with E-state index < -0.39 is 12.2 Å². The third kappa shape index (κ3) is 6.34. The molecule has 0 saturated carbocycles. The molecule has 0 saturated heterocycles. The highest BCUT2D eigenvalue weighted by Gasteiger charge is 2.09. The van der Waals surface area contributed by atoms with Crippen LogP contribution in [0.1, 0.15) is 24.5 Å². The van der Waals surface area contributed by atoms with Gasteiger partial charge in [0.15, 0.2) is 0 Å². The summed E-state index contributed by atoms with van der Waals surface area (Å²) in [6, 6.07) is 10.7. The van der Waals surface area contributed by atoms with E-state index >= 15 is 0 Å². The number of carbonyl (C=O) groups is 2. The van der Waals surface area contributed by atoms with Gasteiger partial charge in [0, 0.05) is 0 Å². The average Bonchev–Trinajstić information content (AvgIpc) is 2.64. The number of hydrogen-bond acceptors (Lipinski definition) is 4. The highest BCUT2D eigenvalue weighted by molar-refractivity contribution is 6.34. The van der Waals surface area contributed by atoms with Crippen molar-refractivity contribution in [1.29, 1.82) is 0 Å². The molecule has 2 rings (SSSR count). The fraction of sp³-hybridized carbons (Fsp3) is 0.263. The SMILES string of the molecule is CCCOC(=O)Nc1ccc(Cc2ccc(NC(=O)OC)c(Cl)c2)cc1Cl. The second-order valence-electron chi connectivity index (χ2n) is 5.68. The van der Waals surface area contributed by atoms with Crippen LogP contribution in [0, 0.1) is 0 Å². The van der Waals surface area contributed by atoms with Crippen molar-refractivity contribution in [2.45, 2.75) is 19.8 Å². The summed E-state index contributed by atoms with van der Waals surface area (Å²) in [6.07, 6.45) is 0.207. The van der Waals surface area contributed by atoms with Crippen molar-refractivity contribution in [2.75, 3.05) is 24.4 Å². The van der Waals surface area contributed by atoms with Crippen molar-refractivity contribution in [2.24, 2.45) is 0 Å². The molecule has 0 aliphatic heterocycles. The minimum atomic E-state index is -0.586. The second kappa shape index (κ2) is 10.0. The molecule has 2 amide bonds. The molecule has 0 unspecified atom stereocenters. The van der Waals surface area contributed by atoms with Crippen molar-refractivity contribution in [1.82, 2.24) is 0 Å². The highest BCUT2D eigenvalue weighted by atomic mass is 35.5. The molecule has 27 heavy (non-hydrogen) atoms. The van der Waals surface area contributed by atoms with Gasteiger partial charge in [-0.3, -0.25) is 10.6 Å². The van der Waals surface area contributed by atoms with E-state index in [4.69, 9.17) is 27.9 Å². The maximum absolute atomic E-state index is 11.6. The molecule has 6 nitrogen and oxygen atoms in total. The number of nitrogens with one attached hydrogen (secondary N) is 2. The first-order chi connectivity index (χ1) is 12.9. The van der Waals surface area contributed by atoms with Crippen LogP contribution in [-0.4, -0.2) is 25.9 Å². The zero-order valence-electron chi connectivity index (χ0n) is 15.0. The highest BCUT2D eigenvalue weighted by Crippen LogP contribution is 2.27. The van der Waals surface area contributed by atoms with Crippen LogP contribution in [0.25, 0.3) is 0 Å². The minimum absolute atomic E-state index is 0.350. The summed E-state index contributed by atoms with van der Waals surface area (Å²) in [6.45, 7) is 2.27. The molecule has 2 N–H and O–H groups in total. The first kappa shape index (κ1) is 20.9. The van der Waals surface area contributed by atoms with E-state index in [1.165, 1.54) is 7.11 Å². The van der Waals surface area contributed by atoms with E-state index in [0.29, 0.717) is 34.4 Å². The van der Waals surface area contributed by atoms with Crippen molar-refractivity contribution >= 4 is 46.8 Å². The summed E-state index contributed by atoms with van der Waals surface area (Å²) in [7, 11) is 1.28. The van der Waals surface area contributed by atoms with Crippen molar-refractivity contribution < 1.29 is 19.1 Å². The number of benzene rings is 2. The van der Waals surface area contributed by atoms with E-state index in [9.17, 15) is 9.59 Å². The third-order valence-corrected chi connectivity index (χ3v) is 4.20. The molecule has 8 heteroatoms. The van der Waals surface area contributed by atoms with Gasteiger partial charge in [0.05, 0.1) is 35.1 Å². The number of halogens is 2. The fourth-order valence-electron chi connectivity index (χ4n) is 2.28. The van der Waals surface area contributed by atoms with E-state index in [-0.39, 0.29) is 0 Å². The van der Waals surface area contributed by atoms with Crippen LogP contribution in [0.15, 0.2) is 36.4 Å². The van der Waals surface area contributed by atoms with Gasteiger partial charge in [-0.05, 0) is 48.2 Å². The Bertz CT molecular complexity index is 827. The summed E-state index contributed by atoms with van der Waals surface area (Å²) < 4.78 is 9.52. The second-order valence-corrected chi connectivity index (χ2v) is 6.50. The number of methoxy groups -OCH3 is 1. The molecule has 0 aliphatic rings. The third-order valence-electron chi connectivity index (χ3n) is 3.57. The molecule has 0 heterocycles. The van der Waals surface area contributed by atoms with Crippen LogP contribution in [0.3, 0.4) is 0 Å². The monoisotopic (exact) mass is 410 g/mol. The lowest BCUT2D eigenvalue weighted by atomic mass is 10.0. The minimum Gasteiger partial charge on any atom is -0.453 e. The Hall–Kier alpha value is -2.44. The van der Waals surface area contributed by atoms with E-state index in [0.717, 1.165) is 17.5 Å². The van der Waals surface area contributed by atoms with Crippen LogP contribution >= 0.6 is 23.2 Å². The zero-order valence-corrected chi connectivity index (χ0v) is 16.5. The lowest BCUT2D eigenvalue weighted by molar-refractivity contribution is 0.161. The number of rotatable bonds is 6. The van der Waals surface area contributed by atoms with Gasteiger partial charge in [0.25, 0.3) is 0 Å². The number of anilines is 2. The van der Waals surface area contributed by atoms with Gasteiger partial charge in [-0.1, -0.05) is 42.3 Å². The van der Waals surface area contributed by atoms with Crippen LogP contribution in [-0.2, 0) is 15.9 Å². The van der Waals surface area contributed by atoms with Crippen LogP contribution in [0.4, 0.5) is 21.0 Å². The summed E-state index contributed by atoms with van der Waals surface area (Å²) in [5.41, 5.74) is 2.83. The predicted octanol–water partition coefficient (Wildman–Crippen LogP) is 5.72. The first-order valence-corrected chi connectivity index (χ1v) is 9.04.